The molecule has 1 aromatic heterocycles. The van der Waals surface area contributed by atoms with Gasteiger partial charge in [0.25, 0.3) is 5.91 Å². The van der Waals surface area contributed by atoms with Crippen LogP contribution in [0.25, 0.3) is 0 Å². The maximum absolute atomic E-state index is 13.0. The lowest BCUT2D eigenvalue weighted by atomic mass is 10.1. The topological polar surface area (TPSA) is 45.7 Å². The molecule has 138 valence electrons. The average Bonchev–Trinajstić information content (AvgIpc) is 2.69. The van der Waals surface area contributed by atoms with Crippen LogP contribution in [-0.2, 0) is 11.3 Å². The van der Waals surface area contributed by atoms with Gasteiger partial charge in [-0.1, -0.05) is 11.6 Å². The van der Waals surface area contributed by atoms with Gasteiger partial charge >= 0.3 is 0 Å². The molecule has 1 amide bonds. The monoisotopic (exact) mass is 373 g/mol. The minimum atomic E-state index is 0.0282. The Kier molecular flexibility index (Phi) is 7.00. The van der Waals surface area contributed by atoms with E-state index >= 15 is 0 Å². The summed E-state index contributed by atoms with van der Waals surface area (Å²) in [6, 6.07) is 11.0. The highest BCUT2D eigenvalue weighted by molar-refractivity contribution is 6.30. The van der Waals surface area contributed by atoms with Crippen LogP contribution in [0.3, 0.4) is 0 Å². The number of ether oxygens (including phenoxy) is 1. The van der Waals surface area contributed by atoms with E-state index in [9.17, 15) is 4.79 Å². The molecule has 0 unspecified atom stereocenters. The van der Waals surface area contributed by atoms with Crippen LogP contribution in [0.2, 0.25) is 5.02 Å². The van der Waals surface area contributed by atoms with Crippen molar-refractivity contribution < 1.29 is 9.53 Å². The van der Waals surface area contributed by atoms with Crippen molar-refractivity contribution in [3.8, 4) is 0 Å². The number of hydrogen-bond donors (Lipinski definition) is 0. The first-order chi connectivity index (χ1) is 12.7. The molecule has 1 fully saturated rings. The first-order valence-electron chi connectivity index (χ1n) is 8.96. The molecular formula is C20H24ClN3O2. The number of hydrogen-bond acceptors (Lipinski definition) is 4. The molecule has 1 aliphatic rings. The third kappa shape index (κ3) is 5.53. The fourth-order valence-electron chi connectivity index (χ4n) is 3.05. The number of morpholine rings is 1. The van der Waals surface area contributed by atoms with Crippen molar-refractivity contribution in [2.75, 3.05) is 39.4 Å². The zero-order chi connectivity index (χ0) is 18.2. The number of rotatable bonds is 7. The Hall–Kier alpha value is -1.95. The fourth-order valence-corrected chi connectivity index (χ4v) is 3.17. The Balaban J connectivity index is 1.64. The van der Waals surface area contributed by atoms with E-state index in [1.165, 1.54) is 0 Å². The van der Waals surface area contributed by atoms with Crippen molar-refractivity contribution in [2.45, 2.75) is 13.0 Å². The van der Waals surface area contributed by atoms with Crippen molar-refractivity contribution in [1.82, 2.24) is 14.8 Å². The lowest BCUT2D eigenvalue weighted by molar-refractivity contribution is 0.0355. The summed E-state index contributed by atoms with van der Waals surface area (Å²) in [5.41, 5.74) is 1.74. The Bertz CT molecular complexity index is 688. The molecule has 0 atom stereocenters. The molecule has 0 spiro atoms. The van der Waals surface area contributed by atoms with Gasteiger partial charge < -0.3 is 9.64 Å². The number of amides is 1. The Morgan fingerprint density at radius 1 is 1.12 bits per heavy atom. The predicted octanol–water partition coefficient (Wildman–Crippen LogP) is 3.10. The summed E-state index contributed by atoms with van der Waals surface area (Å²) in [6.07, 6.45) is 4.45. The molecule has 26 heavy (non-hydrogen) atoms. The van der Waals surface area contributed by atoms with E-state index < -0.39 is 0 Å². The SMILES string of the molecule is O=C(c1ccc(Cl)cc1)N(CCCN1CCOCC1)Cc1ccncc1. The summed E-state index contributed by atoms with van der Waals surface area (Å²) in [7, 11) is 0. The van der Waals surface area contributed by atoms with Gasteiger partial charge in [0.1, 0.15) is 0 Å². The van der Waals surface area contributed by atoms with Gasteiger partial charge in [-0.2, -0.15) is 0 Å². The zero-order valence-electron chi connectivity index (χ0n) is 14.8. The molecule has 1 saturated heterocycles. The standard InChI is InChI=1S/C20H24ClN3O2/c21-19-4-2-18(3-5-19)20(25)24(16-17-6-8-22-9-7-17)11-1-10-23-12-14-26-15-13-23/h2-9H,1,10-16H2. The number of nitrogens with zero attached hydrogens (tertiary/aromatic N) is 3. The second-order valence-corrected chi connectivity index (χ2v) is 6.83. The zero-order valence-corrected chi connectivity index (χ0v) is 15.6. The van der Waals surface area contributed by atoms with Crippen molar-refractivity contribution in [3.05, 3.63) is 64.9 Å². The number of halogens is 1. The largest absolute Gasteiger partial charge is 0.379 e. The Morgan fingerprint density at radius 3 is 2.50 bits per heavy atom. The Morgan fingerprint density at radius 2 is 1.81 bits per heavy atom. The quantitative estimate of drug-likeness (QED) is 0.748. The van der Waals surface area contributed by atoms with E-state index in [1.807, 2.05) is 17.0 Å². The molecule has 5 nitrogen and oxygen atoms in total. The van der Waals surface area contributed by atoms with E-state index in [2.05, 4.69) is 9.88 Å². The summed E-state index contributed by atoms with van der Waals surface area (Å²) < 4.78 is 5.39. The third-order valence-corrected chi connectivity index (χ3v) is 4.76. The summed E-state index contributed by atoms with van der Waals surface area (Å²) >= 11 is 5.95. The number of pyridine rings is 1. The number of benzene rings is 1. The van der Waals surface area contributed by atoms with E-state index in [0.717, 1.165) is 44.8 Å². The lowest BCUT2D eigenvalue weighted by Gasteiger charge is -2.28. The average molecular weight is 374 g/mol. The minimum Gasteiger partial charge on any atom is -0.379 e. The number of aromatic nitrogens is 1. The molecule has 0 aliphatic carbocycles. The maximum Gasteiger partial charge on any atom is 0.254 e. The maximum atomic E-state index is 13.0. The van der Waals surface area contributed by atoms with Crippen molar-refractivity contribution in [1.29, 1.82) is 0 Å². The Labute approximate surface area is 159 Å². The van der Waals surface area contributed by atoms with Gasteiger partial charge in [0, 0.05) is 55.7 Å². The van der Waals surface area contributed by atoms with Crippen LogP contribution in [0.5, 0.6) is 0 Å². The molecule has 0 N–H and O–H groups in total. The second kappa shape index (κ2) is 9.67. The van der Waals surface area contributed by atoms with Crippen LogP contribution < -0.4 is 0 Å². The van der Waals surface area contributed by atoms with E-state index in [1.54, 1.807) is 36.7 Å². The summed E-state index contributed by atoms with van der Waals surface area (Å²) in [5, 5.41) is 0.634. The van der Waals surface area contributed by atoms with Crippen LogP contribution in [0.1, 0.15) is 22.3 Å². The van der Waals surface area contributed by atoms with Crippen LogP contribution in [0.15, 0.2) is 48.8 Å². The molecule has 1 aromatic carbocycles. The molecule has 6 heteroatoms. The van der Waals surface area contributed by atoms with Gasteiger partial charge in [-0.15, -0.1) is 0 Å². The highest BCUT2D eigenvalue weighted by atomic mass is 35.5. The third-order valence-electron chi connectivity index (χ3n) is 4.51. The van der Waals surface area contributed by atoms with Gasteiger partial charge in [0.2, 0.25) is 0 Å². The van der Waals surface area contributed by atoms with E-state index in [4.69, 9.17) is 16.3 Å². The highest BCUT2D eigenvalue weighted by Gasteiger charge is 2.17. The molecule has 3 rings (SSSR count). The first kappa shape index (κ1) is 18.8. The highest BCUT2D eigenvalue weighted by Crippen LogP contribution is 2.14. The summed E-state index contributed by atoms with van der Waals surface area (Å²) in [5.74, 6) is 0.0282. The van der Waals surface area contributed by atoms with Gasteiger partial charge in [-0.25, -0.2) is 0 Å². The van der Waals surface area contributed by atoms with E-state index in [-0.39, 0.29) is 5.91 Å². The number of carbonyl (C=O) groups excluding carboxylic acids is 1. The molecule has 0 bridgehead atoms. The summed E-state index contributed by atoms with van der Waals surface area (Å²) in [6.45, 7) is 5.79. The van der Waals surface area contributed by atoms with Crippen molar-refractivity contribution >= 4 is 17.5 Å². The first-order valence-corrected chi connectivity index (χ1v) is 9.34. The molecule has 0 radical (unpaired) electrons. The van der Waals surface area contributed by atoms with Gasteiger partial charge in [0.15, 0.2) is 0 Å². The minimum absolute atomic E-state index is 0.0282. The fraction of sp³-hybridized carbons (Fsp3) is 0.400. The van der Waals surface area contributed by atoms with Crippen molar-refractivity contribution in [3.63, 3.8) is 0 Å². The molecule has 2 heterocycles. The molecule has 1 aliphatic heterocycles. The molecular weight excluding hydrogens is 350 g/mol. The van der Waals surface area contributed by atoms with Crippen LogP contribution in [-0.4, -0.2) is 60.1 Å². The molecule has 2 aromatic rings. The second-order valence-electron chi connectivity index (χ2n) is 6.40. The van der Waals surface area contributed by atoms with E-state index in [0.29, 0.717) is 23.7 Å². The predicted molar refractivity (Wildman–Crippen MR) is 102 cm³/mol. The number of carbonyl (C=O) groups is 1. The van der Waals surface area contributed by atoms with Crippen LogP contribution in [0, 0.1) is 0 Å². The van der Waals surface area contributed by atoms with Gasteiger partial charge in [-0.05, 0) is 48.4 Å². The van der Waals surface area contributed by atoms with Crippen LogP contribution >= 0.6 is 11.6 Å². The lowest BCUT2D eigenvalue weighted by Crippen LogP contribution is -2.39. The van der Waals surface area contributed by atoms with Gasteiger partial charge in [-0.3, -0.25) is 14.7 Å². The van der Waals surface area contributed by atoms with Crippen molar-refractivity contribution in [2.24, 2.45) is 0 Å². The van der Waals surface area contributed by atoms with Gasteiger partial charge in [0.05, 0.1) is 13.2 Å². The summed E-state index contributed by atoms with van der Waals surface area (Å²) in [4.78, 5) is 21.3. The smallest absolute Gasteiger partial charge is 0.254 e. The van der Waals surface area contributed by atoms with Crippen LogP contribution in [0.4, 0.5) is 0 Å². The normalized spacial score (nSPS) is 15.0. The molecule has 0 saturated carbocycles.